The number of esters is 2. The summed E-state index contributed by atoms with van der Waals surface area (Å²) in [7, 11) is 0. The number of piperidine rings is 1. The fraction of sp³-hybridized carbons (Fsp3) is 0.845. The Labute approximate surface area is 510 Å². The van der Waals surface area contributed by atoms with Crippen molar-refractivity contribution < 1.29 is 140 Å². The van der Waals surface area contributed by atoms with Crippen LogP contribution in [0.1, 0.15) is 191 Å². The molecule has 1 aromatic carbocycles. The van der Waals surface area contributed by atoms with Crippen LogP contribution >= 0.6 is 0 Å². The van der Waals surface area contributed by atoms with Crippen LogP contribution in [0.2, 0.25) is 0 Å². The first-order valence-electron chi connectivity index (χ1n) is 30.1. The van der Waals surface area contributed by atoms with E-state index in [1.54, 1.807) is 0 Å². The van der Waals surface area contributed by atoms with Gasteiger partial charge in [0.1, 0.15) is 19.8 Å². The Bertz CT molecular complexity index is 1960. The number of rotatable bonds is 47. The quantitative estimate of drug-likeness (QED) is 0.0203. The molecule has 1 fully saturated rings. The number of ether oxygens (including phenoxy) is 8. The highest BCUT2D eigenvalue weighted by Gasteiger charge is 2.59. The summed E-state index contributed by atoms with van der Waals surface area (Å²) in [6.07, 6.45) is -31.6. The van der Waals surface area contributed by atoms with Gasteiger partial charge in [-0.05, 0) is 112 Å². The number of hydrogen-bond acceptors (Lipinski definition) is 12. The fourth-order valence-corrected chi connectivity index (χ4v) is 9.04. The van der Waals surface area contributed by atoms with Gasteiger partial charge in [-0.2, -0.15) is 87.8 Å². The molecule has 0 spiro atoms. The lowest BCUT2D eigenvalue weighted by Crippen LogP contribution is -2.37. The van der Waals surface area contributed by atoms with Crippen molar-refractivity contribution >= 4 is 18.1 Å². The molecule has 0 saturated carbocycles. The molecule has 1 heterocycles. The third kappa shape index (κ3) is 34.1. The first kappa shape index (κ1) is 81.9. The molecule has 1 unspecified atom stereocenters. The number of nitrogens with zero attached hydrogens (tertiary/aromatic N) is 1. The van der Waals surface area contributed by atoms with E-state index in [9.17, 15) is 102 Å². The van der Waals surface area contributed by atoms with E-state index in [-0.39, 0.29) is 148 Å². The average Bonchev–Trinajstić information content (AvgIpc) is 2.26. The number of carbonyl (C=O) groups is 3. The van der Waals surface area contributed by atoms with Crippen molar-refractivity contribution in [1.82, 2.24) is 4.90 Å². The number of halogens is 20. The van der Waals surface area contributed by atoms with Crippen LogP contribution in [0.3, 0.4) is 0 Å². The molecular formula is C58H83F20NO11. The van der Waals surface area contributed by atoms with Crippen LogP contribution in [0.5, 0.6) is 0 Å². The molecule has 0 aromatic heterocycles. The van der Waals surface area contributed by atoms with E-state index >= 15 is 0 Å². The molecule has 1 atom stereocenters. The minimum atomic E-state index is -5.70. The molecular weight excluding hydrogens is 1270 g/mol. The topological polar surface area (TPSA) is 128 Å². The maximum atomic E-state index is 13.3. The van der Waals surface area contributed by atoms with E-state index in [0.717, 1.165) is 25.9 Å². The Morgan fingerprint density at radius 1 is 0.433 bits per heavy atom. The van der Waals surface area contributed by atoms with Gasteiger partial charge in [0.25, 0.3) is 0 Å². The number of carbonyl (C=O) groups excluding carboxylic acids is 3. The molecule has 0 amide bonds. The van der Waals surface area contributed by atoms with Crippen molar-refractivity contribution in [3.8, 4) is 0 Å². The van der Waals surface area contributed by atoms with Crippen LogP contribution in [0, 0.1) is 5.92 Å². The molecule has 0 aliphatic carbocycles. The summed E-state index contributed by atoms with van der Waals surface area (Å²) in [5.74, 6) is -21.0. The lowest BCUT2D eigenvalue weighted by atomic mass is 9.99. The molecule has 1 aliphatic rings. The molecule has 1 aliphatic heterocycles. The molecule has 2 rings (SSSR count). The molecule has 1 saturated heterocycles. The zero-order valence-electron chi connectivity index (χ0n) is 50.1. The van der Waals surface area contributed by atoms with Crippen molar-refractivity contribution in [1.29, 1.82) is 0 Å². The summed E-state index contributed by atoms with van der Waals surface area (Å²) in [6.45, 7) is 2.90. The molecule has 0 N–H and O–H groups in total. The third-order valence-corrected chi connectivity index (χ3v) is 14.3. The zero-order valence-corrected chi connectivity index (χ0v) is 50.1. The Morgan fingerprint density at radius 2 is 0.733 bits per heavy atom. The smallest absolute Gasteiger partial charge is 0.461 e. The second kappa shape index (κ2) is 40.2. The Kier molecular flexibility index (Phi) is 36.6. The van der Waals surface area contributed by atoms with Crippen molar-refractivity contribution in [2.45, 2.75) is 255 Å². The summed E-state index contributed by atoms with van der Waals surface area (Å²) < 4.78 is 302. The van der Waals surface area contributed by atoms with Gasteiger partial charge >= 0.3 is 66.5 Å². The lowest BCUT2D eigenvalue weighted by Gasteiger charge is -2.31. The van der Waals surface area contributed by atoms with Crippen LogP contribution in [-0.2, 0) is 67.3 Å². The highest BCUT2D eigenvalue weighted by molar-refractivity contribution is 5.69. The third-order valence-electron chi connectivity index (χ3n) is 14.3. The average molecular weight is 1350 g/mol. The largest absolute Gasteiger partial charge is 0.508 e. The first-order chi connectivity index (χ1) is 41.9. The summed E-state index contributed by atoms with van der Waals surface area (Å²) in [6, 6.07) is 4.49. The van der Waals surface area contributed by atoms with Crippen molar-refractivity contribution in [2.24, 2.45) is 5.92 Å². The predicted molar refractivity (Wildman–Crippen MR) is 283 cm³/mol. The minimum Gasteiger partial charge on any atom is -0.461 e. The highest BCUT2D eigenvalue weighted by Crippen LogP contribution is 2.42. The molecule has 1 aromatic rings. The maximum absolute atomic E-state index is 13.3. The summed E-state index contributed by atoms with van der Waals surface area (Å²) in [5.41, 5.74) is 0.901. The van der Waals surface area contributed by atoms with Gasteiger partial charge in [0, 0.05) is 77.4 Å². The van der Waals surface area contributed by atoms with Gasteiger partial charge in [-0.15, -0.1) is 0 Å². The second-order valence-corrected chi connectivity index (χ2v) is 22.1. The van der Waals surface area contributed by atoms with Gasteiger partial charge in [0.15, 0.2) is 12.6 Å². The fourth-order valence-electron chi connectivity index (χ4n) is 9.04. The van der Waals surface area contributed by atoms with Gasteiger partial charge in [-0.1, -0.05) is 58.3 Å². The predicted octanol–water partition coefficient (Wildman–Crippen LogP) is 18.0. The molecule has 0 radical (unpaired) electrons. The molecule has 90 heavy (non-hydrogen) atoms. The monoisotopic (exact) mass is 1350 g/mol. The Morgan fingerprint density at radius 3 is 1.03 bits per heavy atom. The molecule has 32 heteroatoms. The van der Waals surface area contributed by atoms with Crippen LogP contribution < -0.4 is 0 Å². The van der Waals surface area contributed by atoms with Crippen LogP contribution in [0.25, 0.3) is 0 Å². The van der Waals surface area contributed by atoms with Gasteiger partial charge < -0.3 is 42.8 Å². The first-order valence-corrected chi connectivity index (χ1v) is 30.1. The van der Waals surface area contributed by atoms with E-state index < -0.39 is 144 Å². The van der Waals surface area contributed by atoms with Crippen LogP contribution in [0.4, 0.5) is 92.6 Å². The molecule has 0 bridgehead atoms. The lowest BCUT2D eigenvalue weighted by molar-refractivity contribution is -0.284. The SMILES string of the molecule is CCN1CCCC(COC(=O)OCc2cc(COC(=O)CCC(OCCCCCCC(F)(F)C(F)(F)F)OCCCCCCC(F)(F)C(F)(F)F)cc(COC(=O)CCC(OCCCCCCC(F)(F)C(F)(F)F)OCCCCCCC(F)(F)C(F)(F)F)c2)C1. The highest BCUT2D eigenvalue weighted by atomic mass is 19.4. The summed E-state index contributed by atoms with van der Waals surface area (Å²) >= 11 is 0. The van der Waals surface area contributed by atoms with E-state index in [2.05, 4.69) is 4.90 Å². The van der Waals surface area contributed by atoms with E-state index in [1.165, 1.54) is 18.2 Å². The number of benzene rings is 1. The van der Waals surface area contributed by atoms with Crippen molar-refractivity contribution in [3.63, 3.8) is 0 Å². The normalized spacial score (nSPS) is 15.3. The standard InChI is InChI=1S/C58H83F20NO11/c1-2-79-29-19-20-42(37-79)38-89-50(82)90-41-45-35-43(39-87-46(80)21-23-48(83-30-15-7-3-11-25-51(59,60)55(67,68)69)84-31-16-8-4-12-26-52(61,62)56(70,71)72)34-44(36-45)40-88-47(81)22-24-49(85-32-17-9-5-13-27-53(63,64)57(73,74)75)86-33-18-10-6-14-28-54(65,66)58(76,77)78/h34-36,42,48-49H,2-33,37-41H2,1H3. The number of hydrogen-bond donors (Lipinski definition) is 0. The summed E-state index contributed by atoms with van der Waals surface area (Å²) in [5, 5.41) is 0. The number of unbranched alkanes of at least 4 members (excludes halogenated alkanes) is 12. The van der Waals surface area contributed by atoms with Gasteiger partial charge in [-0.3, -0.25) is 9.59 Å². The molecule has 526 valence electrons. The van der Waals surface area contributed by atoms with E-state index in [0.29, 0.717) is 23.2 Å². The number of likely N-dealkylation sites (tertiary alicyclic amines) is 1. The van der Waals surface area contributed by atoms with Gasteiger partial charge in [0.05, 0.1) is 19.4 Å². The van der Waals surface area contributed by atoms with Gasteiger partial charge in [0.2, 0.25) is 0 Å². The zero-order chi connectivity index (χ0) is 67.7. The second-order valence-electron chi connectivity index (χ2n) is 22.1. The Balaban J connectivity index is 2.15. The van der Waals surface area contributed by atoms with Crippen LogP contribution in [-0.4, -0.2) is 137 Å². The van der Waals surface area contributed by atoms with E-state index in [1.807, 2.05) is 6.92 Å². The summed E-state index contributed by atoms with van der Waals surface area (Å²) in [4.78, 5) is 41.3. The van der Waals surface area contributed by atoms with E-state index in [4.69, 9.17) is 37.9 Å². The van der Waals surface area contributed by atoms with Crippen molar-refractivity contribution in [2.75, 3.05) is 52.7 Å². The van der Waals surface area contributed by atoms with Crippen molar-refractivity contribution in [3.05, 3.63) is 34.9 Å². The minimum absolute atomic E-state index is 0.0119. The number of alkyl halides is 20. The Hall–Kier alpha value is -4.17. The van der Waals surface area contributed by atoms with Gasteiger partial charge in [-0.25, -0.2) is 4.79 Å². The van der Waals surface area contributed by atoms with Crippen LogP contribution in [0.15, 0.2) is 18.2 Å². The molecule has 12 nitrogen and oxygen atoms in total. The maximum Gasteiger partial charge on any atom is 0.508 e.